The van der Waals surface area contributed by atoms with Crippen LogP contribution in [0.3, 0.4) is 0 Å². The molecule has 0 bridgehead atoms. The van der Waals surface area contributed by atoms with Gasteiger partial charge in [0.1, 0.15) is 6.26 Å². The van der Waals surface area contributed by atoms with Crippen molar-refractivity contribution < 1.29 is 14.1 Å². The van der Waals surface area contributed by atoms with Crippen molar-refractivity contribution in [3.63, 3.8) is 0 Å². The monoisotopic (exact) mass is 305 g/mol. The molecule has 21 heavy (non-hydrogen) atoms. The average molecular weight is 305 g/mol. The number of hydrogen-bond acceptors (Lipinski definition) is 5. The van der Waals surface area contributed by atoms with E-state index in [2.05, 4.69) is 10.5 Å². The zero-order chi connectivity index (χ0) is 14.8. The molecule has 2 amide bonds. The van der Waals surface area contributed by atoms with Crippen LogP contribution in [0, 0.1) is 5.92 Å². The third-order valence-corrected chi connectivity index (χ3v) is 4.66. The molecule has 0 spiro atoms. The van der Waals surface area contributed by atoms with E-state index in [1.807, 2.05) is 17.5 Å². The number of anilines is 1. The van der Waals surface area contributed by atoms with Crippen molar-refractivity contribution in [2.45, 2.75) is 18.9 Å². The lowest BCUT2D eigenvalue weighted by Crippen LogP contribution is -2.44. The van der Waals surface area contributed by atoms with E-state index >= 15 is 0 Å². The van der Waals surface area contributed by atoms with Crippen molar-refractivity contribution in [1.82, 2.24) is 10.1 Å². The molecule has 3 heterocycles. The molecule has 1 saturated heterocycles. The zero-order valence-corrected chi connectivity index (χ0v) is 12.3. The second-order valence-electron chi connectivity index (χ2n) is 4.98. The standard InChI is InChI=1S/C14H15N3O3S/c1-17-12(18)5-4-9(13(17)10-3-2-8-21-10)14(19)15-11-6-7-20-16-11/h2-3,6-9,13H,4-5H2,1H3,(H,15,16,19). The van der Waals surface area contributed by atoms with Gasteiger partial charge in [-0.15, -0.1) is 11.3 Å². The van der Waals surface area contributed by atoms with Crippen LogP contribution in [0.4, 0.5) is 5.82 Å². The van der Waals surface area contributed by atoms with E-state index in [4.69, 9.17) is 4.52 Å². The number of piperidine rings is 1. The van der Waals surface area contributed by atoms with Gasteiger partial charge in [-0.25, -0.2) is 0 Å². The average Bonchev–Trinajstić information content (AvgIpc) is 3.14. The highest BCUT2D eigenvalue weighted by Gasteiger charge is 2.39. The van der Waals surface area contributed by atoms with Crippen LogP contribution in [-0.2, 0) is 9.59 Å². The van der Waals surface area contributed by atoms with E-state index < -0.39 is 0 Å². The van der Waals surface area contributed by atoms with Gasteiger partial charge in [-0.2, -0.15) is 0 Å². The number of likely N-dealkylation sites (tertiary alicyclic amines) is 1. The molecular formula is C14H15N3O3S. The molecule has 2 unspecified atom stereocenters. The molecule has 0 saturated carbocycles. The van der Waals surface area contributed by atoms with Crippen molar-refractivity contribution in [3.05, 3.63) is 34.7 Å². The molecule has 0 aromatic carbocycles. The third-order valence-electron chi connectivity index (χ3n) is 3.72. The zero-order valence-electron chi connectivity index (χ0n) is 11.5. The smallest absolute Gasteiger partial charge is 0.231 e. The minimum Gasteiger partial charge on any atom is -0.363 e. The summed E-state index contributed by atoms with van der Waals surface area (Å²) in [6.07, 6.45) is 2.33. The fourth-order valence-corrected chi connectivity index (χ4v) is 3.59. The second kappa shape index (κ2) is 5.69. The molecule has 2 aromatic rings. The molecule has 6 nitrogen and oxygen atoms in total. The summed E-state index contributed by atoms with van der Waals surface area (Å²) < 4.78 is 4.71. The molecule has 7 heteroatoms. The summed E-state index contributed by atoms with van der Waals surface area (Å²) in [5.41, 5.74) is 0. The van der Waals surface area contributed by atoms with Crippen molar-refractivity contribution in [2.24, 2.45) is 5.92 Å². The van der Waals surface area contributed by atoms with Gasteiger partial charge in [-0.1, -0.05) is 11.2 Å². The number of carbonyl (C=O) groups excluding carboxylic acids is 2. The van der Waals surface area contributed by atoms with Gasteiger partial charge in [-0.3, -0.25) is 9.59 Å². The Labute approximate surface area is 125 Å². The van der Waals surface area contributed by atoms with E-state index in [1.165, 1.54) is 6.26 Å². The van der Waals surface area contributed by atoms with Crippen LogP contribution in [0.15, 0.2) is 34.4 Å². The topological polar surface area (TPSA) is 75.4 Å². The number of nitrogens with zero attached hydrogens (tertiary/aromatic N) is 2. The van der Waals surface area contributed by atoms with E-state index in [9.17, 15) is 9.59 Å². The highest BCUT2D eigenvalue weighted by Crippen LogP contribution is 2.38. The Morgan fingerprint density at radius 3 is 3.05 bits per heavy atom. The van der Waals surface area contributed by atoms with E-state index in [-0.39, 0.29) is 23.8 Å². The first-order valence-corrected chi connectivity index (χ1v) is 7.55. The van der Waals surface area contributed by atoms with Crippen LogP contribution in [-0.4, -0.2) is 28.9 Å². The highest BCUT2D eigenvalue weighted by atomic mass is 32.1. The minimum absolute atomic E-state index is 0.0684. The summed E-state index contributed by atoms with van der Waals surface area (Å²) in [5, 5.41) is 8.38. The van der Waals surface area contributed by atoms with Gasteiger partial charge < -0.3 is 14.7 Å². The molecule has 1 aliphatic rings. The van der Waals surface area contributed by atoms with Gasteiger partial charge in [-0.05, 0) is 17.9 Å². The molecule has 1 fully saturated rings. The number of rotatable bonds is 3. The van der Waals surface area contributed by atoms with E-state index in [1.54, 1.807) is 29.4 Å². The van der Waals surface area contributed by atoms with Crippen LogP contribution in [0.25, 0.3) is 0 Å². The van der Waals surface area contributed by atoms with E-state index in [0.29, 0.717) is 18.7 Å². The number of aromatic nitrogens is 1. The van der Waals surface area contributed by atoms with Gasteiger partial charge in [0, 0.05) is 24.4 Å². The van der Waals surface area contributed by atoms with Crippen molar-refractivity contribution in [2.75, 3.05) is 12.4 Å². The van der Waals surface area contributed by atoms with Crippen LogP contribution in [0.2, 0.25) is 0 Å². The molecule has 110 valence electrons. The Hall–Kier alpha value is -2.15. The highest BCUT2D eigenvalue weighted by molar-refractivity contribution is 7.10. The van der Waals surface area contributed by atoms with Crippen LogP contribution >= 0.6 is 11.3 Å². The first-order valence-electron chi connectivity index (χ1n) is 6.67. The van der Waals surface area contributed by atoms with Crippen LogP contribution < -0.4 is 5.32 Å². The van der Waals surface area contributed by atoms with Gasteiger partial charge in [0.05, 0.1) is 12.0 Å². The first kappa shape index (κ1) is 13.8. The summed E-state index contributed by atoms with van der Waals surface area (Å²) in [7, 11) is 1.75. The Kier molecular flexibility index (Phi) is 3.74. The summed E-state index contributed by atoms with van der Waals surface area (Å²) in [5.74, 6) is 0.0352. The maximum absolute atomic E-state index is 12.5. The quantitative estimate of drug-likeness (QED) is 0.944. The molecular weight excluding hydrogens is 290 g/mol. The Morgan fingerprint density at radius 1 is 1.52 bits per heavy atom. The summed E-state index contributed by atoms with van der Waals surface area (Å²) in [4.78, 5) is 27.1. The predicted octanol–water partition coefficient (Wildman–Crippen LogP) is 2.28. The fourth-order valence-electron chi connectivity index (χ4n) is 2.66. The number of hydrogen-bond donors (Lipinski definition) is 1. The Balaban J connectivity index is 1.84. The maximum atomic E-state index is 12.5. The molecule has 1 N–H and O–H groups in total. The molecule has 2 aromatic heterocycles. The van der Waals surface area contributed by atoms with Crippen molar-refractivity contribution >= 4 is 29.0 Å². The minimum atomic E-state index is -0.289. The number of nitrogens with one attached hydrogen (secondary N) is 1. The van der Waals surface area contributed by atoms with Crippen molar-refractivity contribution in [1.29, 1.82) is 0 Å². The first-order chi connectivity index (χ1) is 10.2. The second-order valence-corrected chi connectivity index (χ2v) is 5.96. The SMILES string of the molecule is CN1C(=O)CCC(C(=O)Nc2ccon2)C1c1cccs1. The number of amides is 2. The van der Waals surface area contributed by atoms with Crippen LogP contribution in [0.1, 0.15) is 23.8 Å². The normalized spacial score (nSPS) is 22.3. The van der Waals surface area contributed by atoms with E-state index in [0.717, 1.165) is 4.88 Å². The van der Waals surface area contributed by atoms with Gasteiger partial charge in [0.15, 0.2) is 5.82 Å². The Bertz CT molecular complexity index is 624. The molecule has 1 aliphatic heterocycles. The largest absolute Gasteiger partial charge is 0.363 e. The summed E-state index contributed by atoms with van der Waals surface area (Å²) in [6, 6.07) is 5.26. The van der Waals surface area contributed by atoms with Gasteiger partial charge >= 0.3 is 0 Å². The lowest BCUT2D eigenvalue weighted by atomic mass is 9.87. The molecule has 2 atom stereocenters. The number of thiophene rings is 1. The molecule has 0 radical (unpaired) electrons. The van der Waals surface area contributed by atoms with Crippen LogP contribution in [0.5, 0.6) is 0 Å². The lowest BCUT2D eigenvalue weighted by Gasteiger charge is -2.37. The van der Waals surface area contributed by atoms with Gasteiger partial charge in [0.25, 0.3) is 0 Å². The molecule has 3 rings (SSSR count). The maximum Gasteiger partial charge on any atom is 0.231 e. The Morgan fingerprint density at radius 2 is 2.38 bits per heavy atom. The molecule has 0 aliphatic carbocycles. The lowest BCUT2D eigenvalue weighted by molar-refractivity contribution is -0.140. The predicted molar refractivity (Wildman–Crippen MR) is 77.7 cm³/mol. The summed E-state index contributed by atoms with van der Waals surface area (Å²) in [6.45, 7) is 0. The van der Waals surface area contributed by atoms with Crippen molar-refractivity contribution in [3.8, 4) is 0 Å². The third kappa shape index (κ3) is 2.69. The van der Waals surface area contributed by atoms with Gasteiger partial charge in [0.2, 0.25) is 11.8 Å². The fraction of sp³-hybridized carbons (Fsp3) is 0.357. The summed E-state index contributed by atoms with van der Waals surface area (Å²) >= 11 is 1.56. The number of carbonyl (C=O) groups is 2.